The molecule has 0 aromatic heterocycles. The molecule has 0 N–H and O–H groups in total. The first-order chi connectivity index (χ1) is 19.6. The van der Waals surface area contributed by atoms with Crippen molar-refractivity contribution in [3.63, 3.8) is 0 Å². The number of ether oxygens (including phenoxy) is 3. The molecule has 4 saturated carbocycles. The fourth-order valence-corrected chi connectivity index (χ4v) is 11.4. The van der Waals surface area contributed by atoms with Crippen molar-refractivity contribution in [2.75, 3.05) is 46.4 Å². The van der Waals surface area contributed by atoms with Crippen molar-refractivity contribution >= 4 is 11.9 Å². The van der Waals surface area contributed by atoms with Crippen molar-refractivity contribution in [2.45, 2.75) is 123 Å². The van der Waals surface area contributed by atoms with Crippen LogP contribution >= 0.6 is 0 Å². The lowest BCUT2D eigenvalue weighted by atomic mass is 9.44. The maximum Gasteiger partial charge on any atom is 0.306 e. The highest BCUT2D eigenvalue weighted by atomic mass is 79.9. The molecule has 8 heteroatoms. The molecule has 4 aliphatic carbocycles. The van der Waals surface area contributed by atoms with Crippen molar-refractivity contribution in [1.29, 1.82) is 0 Å². The predicted molar refractivity (Wildman–Crippen MR) is 158 cm³/mol. The summed E-state index contributed by atoms with van der Waals surface area (Å²) < 4.78 is 19.4. The summed E-state index contributed by atoms with van der Waals surface area (Å²) in [6.07, 6.45) is 12.2. The number of likely N-dealkylation sites (N-methyl/N-ethyl adjacent to an activating group) is 1. The van der Waals surface area contributed by atoms with Gasteiger partial charge in [0, 0.05) is 57.2 Å². The van der Waals surface area contributed by atoms with E-state index in [2.05, 4.69) is 32.7 Å². The van der Waals surface area contributed by atoms with E-state index in [9.17, 15) is 9.59 Å². The lowest BCUT2D eigenvalue weighted by Crippen LogP contribution is -3.00. The molecule has 6 fully saturated rings. The van der Waals surface area contributed by atoms with Crippen molar-refractivity contribution in [3.8, 4) is 0 Å². The largest absolute Gasteiger partial charge is 1.00 e. The Morgan fingerprint density at radius 2 is 1.69 bits per heavy atom. The van der Waals surface area contributed by atoms with Crippen LogP contribution in [0.15, 0.2) is 0 Å². The Hall–Kier alpha value is -0.700. The number of carbonyl (C=O) groups is 2. The number of fused-ring (bicyclic) bond motifs is 5. The zero-order valence-corrected chi connectivity index (χ0v) is 28.5. The minimum Gasteiger partial charge on any atom is -1.00 e. The number of quaternary nitrogens is 1. The molecule has 42 heavy (non-hydrogen) atoms. The molecule has 2 saturated heterocycles. The number of hydrogen-bond acceptors (Lipinski definition) is 6. The maximum atomic E-state index is 13.0. The van der Waals surface area contributed by atoms with Gasteiger partial charge in [-0.25, -0.2) is 0 Å². The molecule has 10 atom stereocenters. The van der Waals surface area contributed by atoms with Gasteiger partial charge in [-0.05, 0) is 74.0 Å². The number of likely N-dealkylation sites (tertiary alicyclic amines) is 1. The highest BCUT2D eigenvalue weighted by Crippen LogP contribution is 2.67. The van der Waals surface area contributed by atoms with Gasteiger partial charge in [-0.1, -0.05) is 20.8 Å². The van der Waals surface area contributed by atoms with Gasteiger partial charge in [0.2, 0.25) is 0 Å². The van der Waals surface area contributed by atoms with E-state index in [1.54, 1.807) is 6.92 Å². The smallest absolute Gasteiger partial charge is 0.306 e. The van der Waals surface area contributed by atoms with Gasteiger partial charge >= 0.3 is 11.9 Å². The van der Waals surface area contributed by atoms with Crippen LogP contribution in [-0.4, -0.2) is 92.1 Å². The second-order valence-electron chi connectivity index (χ2n) is 15.6. The van der Waals surface area contributed by atoms with E-state index in [0.717, 1.165) is 56.5 Å². The molecule has 240 valence electrons. The third kappa shape index (κ3) is 5.62. The molecule has 7 nitrogen and oxygen atoms in total. The minimum atomic E-state index is -0.141. The molecular formula is C34H57BrN2O5. The zero-order valence-electron chi connectivity index (χ0n) is 27.0. The van der Waals surface area contributed by atoms with E-state index in [-0.39, 0.29) is 58.0 Å². The first kappa shape index (κ1) is 32.7. The Morgan fingerprint density at radius 3 is 2.36 bits per heavy atom. The van der Waals surface area contributed by atoms with Gasteiger partial charge in [0.1, 0.15) is 12.1 Å². The average Bonchev–Trinajstić information content (AvgIpc) is 3.51. The summed E-state index contributed by atoms with van der Waals surface area (Å²) in [5.41, 5.74) is 0.323. The van der Waals surface area contributed by atoms with Crippen molar-refractivity contribution in [1.82, 2.24) is 4.90 Å². The van der Waals surface area contributed by atoms with Gasteiger partial charge in [0.15, 0.2) is 6.10 Å². The van der Waals surface area contributed by atoms with Crippen LogP contribution in [0.25, 0.3) is 0 Å². The zero-order chi connectivity index (χ0) is 29.0. The summed E-state index contributed by atoms with van der Waals surface area (Å²) in [7, 11) is 2.46. The van der Waals surface area contributed by atoms with E-state index >= 15 is 0 Å². The number of nitrogens with zero attached hydrogens (tertiary/aromatic N) is 2. The Bertz CT molecular complexity index is 983. The molecule has 6 aliphatic rings. The van der Waals surface area contributed by atoms with Crippen molar-refractivity contribution in [2.24, 2.45) is 34.5 Å². The summed E-state index contributed by atoms with van der Waals surface area (Å²) in [5, 5.41) is 0. The maximum absolute atomic E-state index is 13.0. The summed E-state index contributed by atoms with van der Waals surface area (Å²) >= 11 is 0. The van der Waals surface area contributed by atoms with Crippen LogP contribution in [-0.2, 0) is 23.8 Å². The van der Waals surface area contributed by atoms with Crippen LogP contribution < -0.4 is 17.0 Å². The third-order valence-electron chi connectivity index (χ3n) is 13.5. The molecule has 0 aromatic carbocycles. The normalized spacial score (nSPS) is 44.7. The Kier molecular flexibility index (Phi) is 9.80. The standard InChI is InChI=1S/C34H57N2O5.BrH/c1-6-9-31(38)41-32-29(36(5)16-7-8-17-36)21-27-25-11-10-24-20-30(40-23(2)37)28(35-14-18-39-19-15-35)22-34(24,4)26(25)12-13-33(27,32)3;/h24-30,32H,6-22H2,1-5H3;1H/q+1;/p-1/t24-,25+,26-,27-,28-,29-,30-,32-,33-,34-;/m0./s1. The molecule has 2 heterocycles. The summed E-state index contributed by atoms with van der Waals surface area (Å²) in [6, 6.07) is 0.711. The van der Waals surface area contributed by atoms with Crippen LogP contribution in [0, 0.1) is 34.5 Å². The Labute approximate surface area is 265 Å². The molecule has 2 aliphatic heterocycles. The second kappa shape index (κ2) is 12.6. The SMILES string of the molecule is CCCC(=O)O[C@H]1[C@@H]([N+]2(C)CCCC2)C[C@H]2[C@@H]3CC[C@H]4C[C@H](OC(C)=O)[C@@H](N5CCOCC5)C[C@]4(C)[C@H]3CC[C@@]21C.[Br-]. The summed E-state index contributed by atoms with van der Waals surface area (Å²) in [6.45, 7) is 14.6. The number of esters is 2. The summed E-state index contributed by atoms with van der Waals surface area (Å²) in [5.74, 6) is 2.48. The first-order valence-corrected chi connectivity index (χ1v) is 17.1. The highest BCUT2D eigenvalue weighted by Gasteiger charge is 2.67. The van der Waals surface area contributed by atoms with Crippen LogP contribution in [0.5, 0.6) is 0 Å². The monoisotopic (exact) mass is 652 g/mol. The number of halogens is 1. The molecule has 0 unspecified atom stereocenters. The lowest BCUT2D eigenvalue weighted by Gasteiger charge is -2.62. The molecule has 0 amide bonds. The second-order valence-corrected chi connectivity index (χ2v) is 15.6. The number of hydrogen-bond donors (Lipinski definition) is 0. The number of rotatable bonds is 6. The fourth-order valence-electron chi connectivity index (χ4n) is 11.4. The van der Waals surface area contributed by atoms with Gasteiger partial charge in [0.05, 0.1) is 33.4 Å². The van der Waals surface area contributed by atoms with Gasteiger partial charge in [0.25, 0.3) is 0 Å². The molecule has 0 radical (unpaired) electrons. The van der Waals surface area contributed by atoms with E-state index in [1.165, 1.54) is 51.6 Å². The quantitative estimate of drug-likeness (QED) is 0.324. The van der Waals surface area contributed by atoms with Crippen molar-refractivity contribution < 1.29 is 45.3 Å². The van der Waals surface area contributed by atoms with E-state index in [4.69, 9.17) is 14.2 Å². The Morgan fingerprint density at radius 1 is 0.976 bits per heavy atom. The van der Waals surface area contributed by atoms with Crippen LogP contribution in [0.3, 0.4) is 0 Å². The van der Waals surface area contributed by atoms with Gasteiger partial charge in [-0.2, -0.15) is 0 Å². The van der Waals surface area contributed by atoms with E-state index < -0.39 is 0 Å². The average molecular weight is 654 g/mol. The topological polar surface area (TPSA) is 65.1 Å². The van der Waals surface area contributed by atoms with E-state index in [0.29, 0.717) is 36.1 Å². The van der Waals surface area contributed by atoms with Gasteiger partial charge < -0.3 is 35.7 Å². The van der Waals surface area contributed by atoms with Gasteiger partial charge in [-0.3, -0.25) is 14.5 Å². The molecule has 0 bridgehead atoms. The first-order valence-electron chi connectivity index (χ1n) is 17.1. The Balaban J connectivity index is 0.00000353. The fraction of sp³-hybridized carbons (Fsp3) is 0.941. The number of carbonyl (C=O) groups excluding carboxylic acids is 2. The van der Waals surface area contributed by atoms with Crippen LogP contribution in [0.1, 0.15) is 98.3 Å². The van der Waals surface area contributed by atoms with Crippen LogP contribution in [0.4, 0.5) is 0 Å². The molecule has 6 rings (SSSR count). The van der Waals surface area contributed by atoms with E-state index in [1.807, 2.05) is 0 Å². The summed E-state index contributed by atoms with van der Waals surface area (Å²) in [4.78, 5) is 27.8. The van der Waals surface area contributed by atoms with Crippen LogP contribution in [0.2, 0.25) is 0 Å². The third-order valence-corrected chi connectivity index (χ3v) is 13.5. The predicted octanol–water partition coefficient (Wildman–Crippen LogP) is 2.21. The van der Waals surface area contributed by atoms with Crippen molar-refractivity contribution in [3.05, 3.63) is 0 Å². The highest BCUT2D eigenvalue weighted by molar-refractivity contribution is 5.69. The minimum absolute atomic E-state index is 0. The molecular weight excluding hydrogens is 596 g/mol. The molecule has 0 aromatic rings. The van der Waals surface area contributed by atoms with Gasteiger partial charge in [-0.15, -0.1) is 0 Å². The molecule has 0 spiro atoms. The number of morpholine rings is 1. The lowest BCUT2D eigenvalue weighted by molar-refractivity contribution is -0.924.